The van der Waals surface area contributed by atoms with E-state index in [0.29, 0.717) is 17.9 Å². The Labute approximate surface area is 151 Å². The molecule has 124 valence electrons. The van der Waals surface area contributed by atoms with Crippen molar-refractivity contribution in [2.45, 2.75) is 6.54 Å². The number of ether oxygens (including phenoxy) is 1. The summed E-state index contributed by atoms with van der Waals surface area (Å²) in [4.78, 5) is 26.1. The van der Waals surface area contributed by atoms with E-state index in [1.165, 1.54) is 12.1 Å². The fraction of sp³-hybridized carbons (Fsp3) is 0.176. The minimum Gasteiger partial charge on any atom is -0.491 e. The number of nitrogens with zero attached hydrogens (tertiary/aromatic N) is 1. The molecule has 1 heterocycles. The van der Waals surface area contributed by atoms with Gasteiger partial charge in [0.15, 0.2) is 0 Å². The highest BCUT2D eigenvalue weighted by Crippen LogP contribution is 2.25. The summed E-state index contributed by atoms with van der Waals surface area (Å²) in [6.45, 7) is 0.858. The molecule has 2 N–H and O–H groups in total. The molecule has 3 rings (SSSR count). The van der Waals surface area contributed by atoms with Crippen LogP contribution in [0.5, 0.6) is 5.75 Å². The number of rotatable bonds is 2. The highest BCUT2D eigenvalue weighted by atomic mass is 127. The molecule has 24 heavy (non-hydrogen) atoms. The molecule has 1 aliphatic heterocycles. The van der Waals surface area contributed by atoms with Crippen molar-refractivity contribution >= 4 is 34.4 Å². The first-order chi connectivity index (χ1) is 11.5. The second-order valence-corrected chi connectivity index (χ2v) is 6.63. The maximum absolute atomic E-state index is 13.3. The molecule has 0 aromatic heterocycles. The predicted octanol–water partition coefficient (Wildman–Crippen LogP) is 2.56. The summed E-state index contributed by atoms with van der Waals surface area (Å²) in [7, 11) is 0. The van der Waals surface area contributed by atoms with Gasteiger partial charge in [0.05, 0.1) is 17.7 Å². The number of carbonyl (C=O) groups is 2. The third-order valence-corrected chi connectivity index (χ3v) is 4.44. The summed E-state index contributed by atoms with van der Waals surface area (Å²) in [6, 6.07) is 9.17. The number of fused-ring (bicyclic) bond motifs is 1. The van der Waals surface area contributed by atoms with Gasteiger partial charge in [0.25, 0.3) is 5.91 Å². The molecule has 0 unspecified atom stereocenters. The van der Waals surface area contributed by atoms with Crippen LogP contribution in [0.3, 0.4) is 0 Å². The lowest BCUT2D eigenvalue weighted by atomic mass is 10.1. The van der Waals surface area contributed by atoms with Crippen molar-refractivity contribution in [1.29, 1.82) is 0 Å². The highest BCUT2D eigenvalue weighted by Gasteiger charge is 2.24. The maximum Gasteiger partial charge on any atom is 0.255 e. The molecule has 2 amide bonds. The van der Waals surface area contributed by atoms with Gasteiger partial charge in [-0.05, 0) is 46.9 Å². The van der Waals surface area contributed by atoms with Crippen molar-refractivity contribution in [3.8, 4) is 5.75 Å². The number of nitrogens with two attached hydrogens (primary N) is 1. The van der Waals surface area contributed by atoms with Crippen LogP contribution in [0.25, 0.3) is 0 Å². The van der Waals surface area contributed by atoms with Crippen LogP contribution in [0.15, 0.2) is 36.4 Å². The molecule has 0 spiro atoms. The lowest BCUT2D eigenvalue weighted by Crippen LogP contribution is -2.34. The van der Waals surface area contributed by atoms with Gasteiger partial charge in [-0.15, -0.1) is 0 Å². The van der Waals surface area contributed by atoms with E-state index < -0.39 is 5.91 Å². The Morgan fingerprint density at radius 1 is 1.17 bits per heavy atom. The van der Waals surface area contributed by atoms with Gasteiger partial charge in [0, 0.05) is 21.7 Å². The Morgan fingerprint density at radius 2 is 1.96 bits per heavy atom. The van der Waals surface area contributed by atoms with Crippen molar-refractivity contribution in [2.24, 2.45) is 5.73 Å². The molecular weight excluding hydrogens is 426 g/mol. The summed E-state index contributed by atoms with van der Waals surface area (Å²) < 4.78 is 19.6. The monoisotopic (exact) mass is 440 g/mol. The van der Waals surface area contributed by atoms with Crippen molar-refractivity contribution in [3.05, 3.63) is 62.5 Å². The van der Waals surface area contributed by atoms with Crippen LogP contribution in [0, 0.1) is 9.39 Å². The SMILES string of the molecule is NC(=O)c1cc(I)ccc1C(=O)N1CCOc2cc(F)ccc2C1. The van der Waals surface area contributed by atoms with Crippen molar-refractivity contribution in [3.63, 3.8) is 0 Å². The van der Waals surface area contributed by atoms with Gasteiger partial charge >= 0.3 is 0 Å². The molecule has 0 saturated carbocycles. The van der Waals surface area contributed by atoms with E-state index in [0.717, 1.165) is 3.57 Å². The van der Waals surface area contributed by atoms with Gasteiger partial charge in [-0.3, -0.25) is 9.59 Å². The summed E-state index contributed by atoms with van der Waals surface area (Å²) in [5.41, 5.74) is 6.56. The summed E-state index contributed by atoms with van der Waals surface area (Å²) in [5, 5.41) is 0. The Bertz CT molecular complexity index is 825. The first-order valence-corrected chi connectivity index (χ1v) is 8.33. The van der Waals surface area contributed by atoms with E-state index in [2.05, 4.69) is 22.6 Å². The zero-order valence-corrected chi connectivity index (χ0v) is 14.7. The minimum absolute atomic E-state index is 0.191. The third-order valence-electron chi connectivity index (χ3n) is 3.77. The first-order valence-electron chi connectivity index (χ1n) is 7.25. The molecule has 0 bridgehead atoms. The van der Waals surface area contributed by atoms with Gasteiger partial charge in [-0.25, -0.2) is 4.39 Å². The zero-order chi connectivity index (χ0) is 17.3. The Morgan fingerprint density at radius 3 is 2.71 bits per heavy atom. The van der Waals surface area contributed by atoms with Crippen LogP contribution < -0.4 is 10.5 Å². The fourth-order valence-electron chi connectivity index (χ4n) is 2.59. The topological polar surface area (TPSA) is 72.6 Å². The largest absolute Gasteiger partial charge is 0.491 e. The molecule has 0 fully saturated rings. The molecule has 0 aliphatic carbocycles. The molecule has 5 nitrogen and oxygen atoms in total. The molecule has 2 aromatic carbocycles. The molecule has 0 saturated heterocycles. The standard InChI is InChI=1S/C17H14FIN2O3/c18-11-2-1-10-9-21(5-6-24-15(10)7-11)17(23)13-4-3-12(19)8-14(13)16(20)22/h1-4,7-8H,5-6,9H2,(H2,20,22). The smallest absolute Gasteiger partial charge is 0.255 e. The number of halogens is 2. The Hall–Kier alpha value is -2.16. The van der Waals surface area contributed by atoms with E-state index in [-0.39, 0.29) is 36.0 Å². The van der Waals surface area contributed by atoms with Crippen molar-refractivity contribution in [1.82, 2.24) is 4.90 Å². The summed E-state index contributed by atoms with van der Waals surface area (Å²) in [6.07, 6.45) is 0. The number of hydrogen-bond donors (Lipinski definition) is 1. The summed E-state index contributed by atoms with van der Waals surface area (Å²) in [5.74, 6) is -0.906. The van der Waals surface area contributed by atoms with Gasteiger partial charge in [0.2, 0.25) is 5.91 Å². The number of benzene rings is 2. The second-order valence-electron chi connectivity index (χ2n) is 5.38. The van der Waals surface area contributed by atoms with E-state index in [1.54, 1.807) is 29.2 Å². The van der Waals surface area contributed by atoms with Gasteiger partial charge < -0.3 is 15.4 Å². The average molecular weight is 440 g/mol. The molecule has 7 heteroatoms. The van der Waals surface area contributed by atoms with E-state index in [1.807, 2.05) is 0 Å². The third kappa shape index (κ3) is 3.35. The second kappa shape index (κ2) is 6.76. The first kappa shape index (κ1) is 16.7. The predicted molar refractivity (Wildman–Crippen MR) is 94.3 cm³/mol. The Balaban J connectivity index is 1.93. The van der Waals surface area contributed by atoms with Crippen molar-refractivity contribution in [2.75, 3.05) is 13.2 Å². The average Bonchev–Trinajstić information content (AvgIpc) is 2.76. The van der Waals surface area contributed by atoms with E-state index >= 15 is 0 Å². The normalized spacial score (nSPS) is 13.7. The van der Waals surface area contributed by atoms with Crippen LogP contribution in [-0.2, 0) is 6.54 Å². The summed E-state index contributed by atoms with van der Waals surface area (Å²) >= 11 is 2.05. The molecule has 0 atom stereocenters. The zero-order valence-electron chi connectivity index (χ0n) is 12.6. The molecule has 2 aromatic rings. The number of carbonyl (C=O) groups excluding carboxylic acids is 2. The van der Waals surface area contributed by atoms with Crippen LogP contribution in [0.2, 0.25) is 0 Å². The Kier molecular flexibility index (Phi) is 4.70. The number of primary amides is 1. The van der Waals surface area contributed by atoms with E-state index in [4.69, 9.17) is 10.5 Å². The quantitative estimate of drug-likeness (QED) is 0.730. The number of hydrogen-bond acceptors (Lipinski definition) is 3. The minimum atomic E-state index is -0.648. The van der Waals surface area contributed by atoms with Crippen LogP contribution in [0.4, 0.5) is 4.39 Å². The van der Waals surface area contributed by atoms with E-state index in [9.17, 15) is 14.0 Å². The lowest BCUT2D eigenvalue weighted by molar-refractivity contribution is 0.0728. The molecule has 1 aliphatic rings. The number of amides is 2. The van der Waals surface area contributed by atoms with Gasteiger partial charge in [0.1, 0.15) is 18.2 Å². The van der Waals surface area contributed by atoms with Gasteiger partial charge in [-0.2, -0.15) is 0 Å². The lowest BCUT2D eigenvalue weighted by Gasteiger charge is -2.21. The van der Waals surface area contributed by atoms with Crippen LogP contribution in [-0.4, -0.2) is 29.9 Å². The van der Waals surface area contributed by atoms with Crippen molar-refractivity contribution < 1.29 is 18.7 Å². The van der Waals surface area contributed by atoms with Crippen LogP contribution in [0.1, 0.15) is 26.3 Å². The maximum atomic E-state index is 13.3. The highest BCUT2D eigenvalue weighted by molar-refractivity contribution is 14.1. The van der Waals surface area contributed by atoms with Crippen LogP contribution >= 0.6 is 22.6 Å². The molecular formula is C17H14FIN2O3. The fourth-order valence-corrected chi connectivity index (χ4v) is 3.09. The van der Waals surface area contributed by atoms with Gasteiger partial charge in [-0.1, -0.05) is 6.07 Å². The molecule has 0 radical (unpaired) electrons.